The lowest BCUT2D eigenvalue weighted by atomic mass is 9.97. The molecule has 0 bridgehead atoms. The molecular formula is C39H51N3O7. The molecule has 4 atom stereocenters. The van der Waals surface area contributed by atoms with E-state index in [4.69, 9.17) is 9.47 Å². The lowest BCUT2D eigenvalue weighted by molar-refractivity contribution is -0.159. The molecule has 0 aliphatic carbocycles. The molecule has 0 heterocycles. The van der Waals surface area contributed by atoms with Crippen LogP contribution in [0.25, 0.3) is 0 Å². The number of aromatic hydroxyl groups is 1. The smallest absolute Gasteiger partial charge is 0.408 e. The van der Waals surface area contributed by atoms with Gasteiger partial charge in [-0.1, -0.05) is 79.7 Å². The first kappa shape index (κ1) is 38.6. The zero-order valence-electron chi connectivity index (χ0n) is 29.9. The van der Waals surface area contributed by atoms with E-state index in [1.54, 1.807) is 53.7 Å². The number of phenolic OH excluding ortho intramolecular Hbond substituents is 1. The number of nitrogens with one attached hydrogen (secondary N) is 2. The number of benzene rings is 3. The number of esters is 1. The van der Waals surface area contributed by atoms with Gasteiger partial charge in [-0.25, -0.2) is 9.59 Å². The molecule has 3 rings (SSSR count). The van der Waals surface area contributed by atoms with E-state index in [-0.39, 0.29) is 18.6 Å². The van der Waals surface area contributed by atoms with Gasteiger partial charge in [0, 0.05) is 18.9 Å². The fraction of sp³-hybridized carbons (Fsp3) is 0.436. The summed E-state index contributed by atoms with van der Waals surface area (Å²) in [7, 11) is 0. The fourth-order valence-corrected chi connectivity index (χ4v) is 5.24. The Balaban J connectivity index is 2.11. The largest absolute Gasteiger partial charge is 0.508 e. The van der Waals surface area contributed by atoms with Gasteiger partial charge >= 0.3 is 12.1 Å². The summed E-state index contributed by atoms with van der Waals surface area (Å²) in [4.78, 5) is 57.4. The van der Waals surface area contributed by atoms with Crippen molar-refractivity contribution < 1.29 is 33.8 Å². The second-order valence-electron chi connectivity index (χ2n) is 14.2. The lowest BCUT2D eigenvalue weighted by Gasteiger charge is -2.39. The molecule has 0 saturated heterocycles. The Labute approximate surface area is 290 Å². The summed E-state index contributed by atoms with van der Waals surface area (Å²) in [5.74, 6) is -1.78. The van der Waals surface area contributed by atoms with Crippen LogP contribution in [-0.2, 0) is 36.7 Å². The summed E-state index contributed by atoms with van der Waals surface area (Å²) in [6.45, 7) is 14.2. The zero-order valence-corrected chi connectivity index (χ0v) is 29.9. The third kappa shape index (κ3) is 12.3. The summed E-state index contributed by atoms with van der Waals surface area (Å²) in [5.41, 5.74) is 0.371. The van der Waals surface area contributed by atoms with Crippen LogP contribution >= 0.6 is 0 Å². The van der Waals surface area contributed by atoms with E-state index in [9.17, 15) is 24.3 Å². The summed E-state index contributed by atoms with van der Waals surface area (Å²) < 4.78 is 11.2. The van der Waals surface area contributed by atoms with E-state index in [1.807, 2.05) is 74.5 Å². The van der Waals surface area contributed by atoms with Gasteiger partial charge in [0.15, 0.2) is 0 Å². The maximum Gasteiger partial charge on any atom is 0.408 e. The molecule has 3 amide bonds. The van der Waals surface area contributed by atoms with Gasteiger partial charge in [0.05, 0.1) is 0 Å². The molecule has 0 radical (unpaired) electrons. The van der Waals surface area contributed by atoms with Crippen molar-refractivity contribution >= 4 is 23.9 Å². The minimum Gasteiger partial charge on any atom is -0.508 e. The van der Waals surface area contributed by atoms with Crippen LogP contribution in [0.5, 0.6) is 5.75 Å². The minimum atomic E-state index is -1.25. The van der Waals surface area contributed by atoms with Crippen LogP contribution < -0.4 is 10.6 Å². The Morgan fingerprint density at radius 3 is 1.67 bits per heavy atom. The Bertz CT molecular complexity index is 1530. The first-order valence-electron chi connectivity index (χ1n) is 16.7. The number of carbonyl (C=O) groups is 4. The van der Waals surface area contributed by atoms with Crippen LogP contribution in [0.4, 0.5) is 4.79 Å². The van der Waals surface area contributed by atoms with Gasteiger partial charge in [-0.2, -0.15) is 0 Å². The van der Waals surface area contributed by atoms with Crippen molar-refractivity contribution in [2.45, 2.75) is 110 Å². The van der Waals surface area contributed by atoms with Crippen LogP contribution in [0, 0.1) is 0 Å². The molecule has 0 aliphatic rings. The number of phenols is 1. The molecule has 49 heavy (non-hydrogen) atoms. The van der Waals surface area contributed by atoms with E-state index in [2.05, 4.69) is 10.6 Å². The predicted molar refractivity (Wildman–Crippen MR) is 189 cm³/mol. The van der Waals surface area contributed by atoms with E-state index in [0.29, 0.717) is 12.0 Å². The number of alkyl carbamates (subject to hydrolysis) is 1. The van der Waals surface area contributed by atoms with Gasteiger partial charge in [0.2, 0.25) is 11.8 Å². The Morgan fingerprint density at radius 2 is 1.20 bits per heavy atom. The fourth-order valence-electron chi connectivity index (χ4n) is 5.24. The van der Waals surface area contributed by atoms with Gasteiger partial charge in [-0.15, -0.1) is 0 Å². The van der Waals surface area contributed by atoms with Crippen LogP contribution in [-0.4, -0.2) is 63.2 Å². The molecule has 4 unspecified atom stereocenters. The summed E-state index contributed by atoms with van der Waals surface area (Å²) >= 11 is 0. The van der Waals surface area contributed by atoms with Gasteiger partial charge < -0.3 is 30.1 Å². The molecule has 0 aromatic heterocycles. The van der Waals surface area contributed by atoms with Gasteiger partial charge in [0.1, 0.15) is 35.1 Å². The van der Waals surface area contributed by atoms with Crippen molar-refractivity contribution in [3.8, 4) is 5.75 Å². The highest BCUT2D eigenvalue weighted by molar-refractivity contribution is 5.94. The average molecular weight is 674 g/mol. The molecule has 3 aromatic rings. The maximum atomic E-state index is 14.8. The summed E-state index contributed by atoms with van der Waals surface area (Å²) in [5, 5.41) is 15.8. The zero-order chi connectivity index (χ0) is 36.4. The van der Waals surface area contributed by atoms with Crippen molar-refractivity contribution in [3.05, 3.63) is 102 Å². The normalized spacial score (nSPS) is 14.0. The predicted octanol–water partition coefficient (Wildman–Crippen LogP) is 6.27. The number of hydrogen-bond donors (Lipinski definition) is 3. The van der Waals surface area contributed by atoms with Crippen molar-refractivity contribution in [1.29, 1.82) is 0 Å². The SMILES string of the molecule is CCC(C)N(C(=O)C(Cc1ccccc1)NC(=O)OC(C)(C)C)C(C(=O)NC(Cc1ccccc1)C(=O)OC(C)(C)C)c1ccc(O)cc1. The molecule has 0 fully saturated rings. The molecule has 10 nitrogen and oxygen atoms in total. The number of carbonyl (C=O) groups excluding carboxylic acids is 4. The molecule has 0 spiro atoms. The lowest BCUT2D eigenvalue weighted by Crippen LogP contribution is -2.57. The molecule has 10 heteroatoms. The maximum absolute atomic E-state index is 14.8. The van der Waals surface area contributed by atoms with Gasteiger partial charge in [-0.05, 0) is 83.7 Å². The molecular weight excluding hydrogens is 622 g/mol. The van der Waals surface area contributed by atoms with Crippen molar-refractivity contribution in [2.75, 3.05) is 0 Å². The third-order valence-electron chi connectivity index (χ3n) is 7.62. The average Bonchev–Trinajstić information content (AvgIpc) is 3.02. The number of nitrogens with zero attached hydrogens (tertiary/aromatic N) is 1. The quantitative estimate of drug-likeness (QED) is 0.182. The van der Waals surface area contributed by atoms with Crippen LogP contribution in [0.15, 0.2) is 84.9 Å². The van der Waals surface area contributed by atoms with Gasteiger partial charge in [-0.3, -0.25) is 9.59 Å². The van der Waals surface area contributed by atoms with Crippen LogP contribution in [0.2, 0.25) is 0 Å². The minimum absolute atomic E-state index is 0.0198. The summed E-state index contributed by atoms with van der Waals surface area (Å²) in [6, 6.07) is 20.6. The highest BCUT2D eigenvalue weighted by Gasteiger charge is 2.40. The number of amides is 3. The highest BCUT2D eigenvalue weighted by Crippen LogP contribution is 2.29. The van der Waals surface area contributed by atoms with Gasteiger partial charge in [0.25, 0.3) is 0 Å². The number of hydrogen-bond acceptors (Lipinski definition) is 7. The monoisotopic (exact) mass is 673 g/mol. The Morgan fingerprint density at radius 1 is 0.714 bits per heavy atom. The van der Waals surface area contributed by atoms with E-state index >= 15 is 0 Å². The first-order chi connectivity index (χ1) is 23.0. The molecule has 0 aliphatic heterocycles. The Kier molecular flexibility index (Phi) is 13.4. The van der Waals surface area contributed by atoms with E-state index in [1.165, 1.54) is 17.0 Å². The number of rotatable bonds is 13. The number of ether oxygens (including phenoxy) is 2. The van der Waals surface area contributed by atoms with Crippen molar-refractivity contribution in [3.63, 3.8) is 0 Å². The van der Waals surface area contributed by atoms with E-state index in [0.717, 1.165) is 11.1 Å². The standard InChI is InChI=1S/C39H51N3O7/c1-9-26(2)42(35(45)31(24-27-16-12-10-13-17-27)41-37(47)49-39(6,7)8)33(29-20-22-30(43)23-21-29)34(44)40-32(36(46)48-38(3,4)5)25-28-18-14-11-15-19-28/h10-23,26,31-33,43H,9,24-25H2,1-8H3,(H,40,44)(H,41,47). The second kappa shape index (κ2) is 17.0. The highest BCUT2D eigenvalue weighted by atomic mass is 16.6. The molecule has 3 aromatic carbocycles. The van der Waals surface area contributed by atoms with Crippen LogP contribution in [0.1, 0.15) is 84.5 Å². The molecule has 0 saturated carbocycles. The van der Waals surface area contributed by atoms with Crippen molar-refractivity contribution in [2.24, 2.45) is 0 Å². The van der Waals surface area contributed by atoms with Crippen molar-refractivity contribution in [1.82, 2.24) is 15.5 Å². The first-order valence-corrected chi connectivity index (χ1v) is 16.7. The molecule has 3 N–H and O–H groups in total. The molecule has 264 valence electrons. The Hall–Kier alpha value is -4.86. The summed E-state index contributed by atoms with van der Waals surface area (Å²) in [6.07, 6.45) is -0.0239. The van der Waals surface area contributed by atoms with E-state index < -0.39 is 59.2 Å². The second-order valence-corrected chi connectivity index (χ2v) is 14.2. The third-order valence-corrected chi connectivity index (χ3v) is 7.62. The van der Waals surface area contributed by atoms with Crippen LogP contribution in [0.3, 0.4) is 0 Å². The topological polar surface area (TPSA) is 134 Å².